The minimum absolute atomic E-state index is 0.359. The summed E-state index contributed by atoms with van der Waals surface area (Å²) in [5.74, 6) is 1.39. The first kappa shape index (κ1) is 10.7. The van der Waals surface area contributed by atoms with Gasteiger partial charge in [-0.15, -0.1) is 0 Å². The van der Waals surface area contributed by atoms with Crippen LogP contribution < -0.4 is 0 Å². The summed E-state index contributed by atoms with van der Waals surface area (Å²) in [6, 6.07) is 0. The number of rotatable bonds is 1. The summed E-state index contributed by atoms with van der Waals surface area (Å²) in [6.07, 6.45) is 9.04. The summed E-state index contributed by atoms with van der Waals surface area (Å²) in [7, 11) is 0. The largest absolute Gasteiger partial charge is 0.300 e. The third kappa shape index (κ3) is 3.50. The first-order valence-corrected chi connectivity index (χ1v) is 5.72. The van der Waals surface area contributed by atoms with Gasteiger partial charge < -0.3 is 0 Å². The van der Waals surface area contributed by atoms with Crippen molar-refractivity contribution in [3.05, 3.63) is 0 Å². The maximum Gasteiger partial charge on any atom is 0.133 e. The highest BCUT2D eigenvalue weighted by Gasteiger charge is 2.21. The Morgan fingerprint density at radius 3 is 2.15 bits per heavy atom. The molecule has 0 aromatic rings. The van der Waals surface area contributed by atoms with Crippen LogP contribution in [0.25, 0.3) is 0 Å². The van der Waals surface area contributed by atoms with Gasteiger partial charge in [0.1, 0.15) is 5.78 Å². The number of ketones is 1. The van der Waals surface area contributed by atoms with Crippen molar-refractivity contribution in [1.29, 1.82) is 0 Å². The minimum Gasteiger partial charge on any atom is -0.300 e. The van der Waals surface area contributed by atoms with Crippen molar-refractivity contribution in [3.63, 3.8) is 0 Å². The van der Waals surface area contributed by atoms with Crippen LogP contribution in [0.1, 0.15) is 58.8 Å². The van der Waals surface area contributed by atoms with Crippen molar-refractivity contribution in [1.82, 2.24) is 0 Å². The fourth-order valence-corrected chi connectivity index (χ4v) is 2.45. The van der Waals surface area contributed by atoms with E-state index in [4.69, 9.17) is 0 Å². The number of carbonyl (C=O) groups is 1. The van der Waals surface area contributed by atoms with E-state index < -0.39 is 0 Å². The van der Waals surface area contributed by atoms with E-state index in [1.54, 1.807) is 6.92 Å². The quantitative estimate of drug-likeness (QED) is 0.606. The lowest BCUT2D eigenvalue weighted by Crippen LogP contribution is -2.19. The summed E-state index contributed by atoms with van der Waals surface area (Å²) in [5.41, 5.74) is 0. The van der Waals surface area contributed by atoms with E-state index in [-0.39, 0.29) is 0 Å². The van der Waals surface area contributed by atoms with Gasteiger partial charge >= 0.3 is 0 Å². The van der Waals surface area contributed by atoms with Gasteiger partial charge in [0.25, 0.3) is 0 Å². The molecule has 0 heterocycles. The smallest absolute Gasteiger partial charge is 0.133 e. The number of hydrogen-bond donors (Lipinski definition) is 0. The molecule has 0 bridgehead atoms. The van der Waals surface area contributed by atoms with Crippen molar-refractivity contribution < 1.29 is 4.79 Å². The van der Waals surface area contributed by atoms with E-state index in [0.717, 1.165) is 6.42 Å². The van der Waals surface area contributed by atoms with Crippen LogP contribution >= 0.6 is 0 Å². The molecule has 1 nitrogen and oxygen atoms in total. The molecular weight excluding hydrogens is 160 g/mol. The van der Waals surface area contributed by atoms with Crippen molar-refractivity contribution in [2.24, 2.45) is 11.8 Å². The zero-order chi connectivity index (χ0) is 9.68. The molecule has 2 atom stereocenters. The summed E-state index contributed by atoms with van der Waals surface area (Å²) in [6.45, 7) is 4.01. The van der Waals surface area contributed by atoms with Gasteiger partial charge in [0.2, 0.25) is 0 Å². The Bertz CT molecular complexity index is 163. The van der Waals surface area contributed by atoms with E-state index in [1.165, 1.54) is 38.5 Å². The van der Waals surface area contributed by atoms with E-state index >= 15 is 0 Å². The van der Waals surface area contributed by atoms with Crippen molar-refractivity contribution in [2.45, 2.75) is 58.8 Å². The first-order valence-electron chi connectivity index (χ1n) is 5.72. The predicted octanol–water partition coefficient (Wildman–Crippen LogP) is 3.57. The molecule has 13 heavy (non-hydrogen) atoms. The van der Waals surface area contributed by atoms with Crippen molar-refractivity contribution in [3.8, 4) is 0 Å². The van der Waals surface area contributed by atoms with Crippen LogP contribution in [0.4, 0.5) is 0 Å². The molecule has 0 saturated heterocycles. The molecule has 0 radical (unpaired) electrons. The molecule has 0 aliphatic heterocycles. The highest BCUT2D eigenvalue weighted by Crippen LogP contribution is 2.27. The molecule has 0 spiro atoms. The molecule has 0 aromatic carbocycles. The molecule has 1 saturated carbocycles. The average molecular weight is 182 g/mol. The lowest BCUT2D eigenvalue weighted by atomic mass is 9.84. The van der Waals surface area contributed by atoms with Crippen molar-refractivity contribution >= 4 is 5.78 Å². The molecule has 1 aliphatic rings. The monoisotopic (exact) mass is 182 g/mol. The van der Waals surface area contributed by atoms with Gasteiger partial charge in [0, 0.05) is 5.92 Å². The molecule has 0 aromatic heterocycles. The van der Waals surface area contributed by atoms with Gasteiger partial charge in [0.05, 0.1) is 0 Å². The van der Waals surface area contributed by atoms with Crippen LogP contribution in [-0.4, -0.2) is 5.78 Å². The molecule has 76 valence electrons. The van der Waals surface area contributed by atoms with Gasteiger partial charge in [-0.2, -0.15) is 0 Å². The molecule has 1 fully saturated rings. The Hall–Kier alpha value is -0.330. The lowest BCUT2D eigenvalue weighted by molar-refractivity contribution is -0.122. The van der Waals surface area contributed by atoms with Crippen molar-refractivity contribution in [2.75, 3.05) is 0 Å². The fourth-order valence-electron chi connectivity index (χ4n) is 2.45. The van der Waals surface area contributed by atoms with Gasteiger partial charge in [-0.3, -0.25) is 4.79 Å². The van der Waals surface area contributed by atoms with Crippen LogP contribution in [0.5, 0.6) is 0 Å². The topological polar surface area (TPSA) is 17.1 Å². The second-order valence-electron chi connectivity index (χ2n) is 4.54. The molecule has 0 amide bonds. The van der Waals surface area contributed by atoms with Gasteiger partial charge in [-0.05, 0) is 19.3 Å². The van der Waals surface area contributed by atoms with E-state index in [1.807, 2.05) is 0 Å². The summed E-state index contributed by atoms with van der Waals surface area (Å²) in [5, 5.41) is 0. The highest BCUT2D eigenvalue weighted by atomic mass is 16.1. The lowest BCUT2D eigenvalue weighted by Gasteiger charge is -2.20. The minimum atomic E-state index is 0.359. The first-order chi connectivity index (χ1) is 6.22. The maximum atomic E-state index is 11.4. The Balaban J connectivity index is 2.50. The summed E-state index contributed by atoms with van der Waals surface area (Å²) < 4.78 is 0. The summed E-state index contributed by atoms with van der Waals surface area (Å²) >= 11 is 0. The Morgan fingerprint density at radius 1 is 1.00 bits per heavy atom. The standard InChI is InChI=1S/C12H22O/c1-10-8-6-4-3-5-7-9-12(10)11(2)13/h10,12H,3-9H2,1-2H3. The van der Waals surface area contributed by atoms with E-state index in [0.29, 0.717) is 17.6 Å². The van der Waals surface area contributed by atoms with Gasteiger partial charge in [-0.25, -0.2) is 0 Å². The second kappa shape index (κ2) is 5.41. The van der Waals surface area contributed by atoms with Gasteiger partial charge in [-0.1, -0.05) is 45.4 Å². The van der Waals surface area contributed by atoms with E-state index in [2.05, 4.69) is 6.92 Å². The van der Waals surface area contributed by atoms with Crippen LogP contribution in [-0.2, 0) is 4.79 Å². The second-order valence-corrected chi connectivity index (χ2v) is 4.54. The predicted molar refractivity (Wildman–Crippen MR) is 55.7 cm³/mol. The SMILES string of the molecule is CC(=O)C1CCCCCCCC1C. The maximum absolute atomic E-state index is 11.4. The molecule has 2 unspecified atom stereocenters. The third-order valence-electron chi connectivity index (χ3n) is 3.38. The number of carbonyl (C=O) groups excluding carboxylic acids is 1. The Morgan fingerprint density at radius 2 is 1.54 bits per heavy atom. The normalized spacial score (nSPS) is 31.5. The molecular formula is C12H22O. The molecule has 1 aliphatic carbocycles. The van der Waals surface area contributed by atoms with Crippen LogP contribution in [0, 0.1) is 11.8 Å². The zero-order valence-electron chi connectivity index (χ0n) is 9.01. The zero-order valence-corrected chi connectivity index (χ0v) is 9.01. The number of Topliss-reactive ketones (excluding diaryl/α,β-unsaturated/α-hetero) is 1. The Labute approximate surface area is 81.9 Å². The highest BCUT2D eigenvalue weighted by molar-refractivity contribution is 5.78. The Kier molecular flexibility index (Phi) is 4.47. The van der Waals surface area contributed by atoms with Crippen LogP contribution in [0.3, 0.4) is 0 Å². The van der Waals surface area contributed by atoms with Gasteiger partial charge in [0.15, 0.2) is 0 Å². The molecule has 1 heteroatoms. The number of hydrogen-bond acceptors (Lipinski definition) is 1. The molecule has 0 N–H and O–H groups in total. The van der Waals surface area contributed by atoms with Crippen LogP contribution in [0.2, 0.25) is 0 Å². The third-order valence-corrected chi connectivity index (χ3v) is 3.38. The molecule has 1 rings (SSSR count). The van der Waals surface area contributed by atoms with E-state index in [9.17, 15) is 4.79 Å². The average Bonchev–Trinajstić information content (AvgIpc) is 2.16. The fraction of sp³-hybridized carbons (Fsp3) is 0.917. The summed E-state index contributed by atoms with van der Waals surface area (Å²) in [4.78, 5) is 11.4. The van der Waals surface area contributed by atoms with Crippen LogP contribution in [0.15, 0.2) is 0 Å².